The first-order valence-electron chi connectivity index (χ1n) is 6.61. The van der Waals surface area contributed by atoms with Gasteiger partial charge in [0, 0.05) is 0 Å². The second-order valence-electron chi connectivity index (χ2n) is 5.35. The Morgan fingerprint density at radius 2 is 1.19 bits per heavy atom. The van der Waals surface area contributed by atoms with E-state index < -0.39 is 13.4 Å². The van der Waals surface area contributed by atoms with Crippen LogP contribution in [0, 0.1) is 13.8 Å². The van der Waals surface area contributed by atoms with Crippen LogP contribution in [0.5, 0.6) is 0 Å². The SMILES string of the molecule is Cc1ccc(C(C)(OP(=O)(O)O)c2ccc(C)cc2)cc1. The van der Waals surface area contributed by atoms with Crippen molar-refractivity contribution in [3.05, 3.63) is 70.8 Å². The van der Waals surface area contributed by atoms with Crippen LogP contribution in [0.3, 0.4) is 0 Å². The van der Waals surface area contributed by atoms with Crippen LogP contribution in [0.15, 0.2) is 48.5 Å². The fourth-order valence-corrected chi connectivity index (χ4v) is 2.94. The number of phosphoric ester groups is 1. The Balaban J connectivity index is 2.55. The van der Waals surface area contributed by atoms with Gasteiger partial charge in [-0.25, -0.2) is 4.57 Å². The van der Waals surface area contributed by atoms with E-state index in [4.69, 9.17) is 4.52 Å². The van der Waals surface area contributed by atoms with Crippen molar-refractivity contribution >= 4 is 7.82 Å². The smallest absolute Gasteiger partial charge is 0.303 e. The van der Waals surface area contributed by atoms with Crippen LogP contribution >= 0.6 is 7.82 Å². The number of rotatable bonds is 4. The summed E-state index contributed by atoms with van der Waals surface area (Å²) >= 11 is 0. The molecular weight excluding hydrogens is 287 g/mol. The Kier molecular flexibility index (Phi) is 4.35. The first-order valence-corrected chi connectivity index (χ1v) is 8.14. The number of phosphoric acid groups is 1. The highest BCUT2D eigenvalue weighted by molar-refractivity contribution is 7.46. The zero-order valence-electron chi connectivity index (χ0n) is 12.3. The van der Waals surface area contributed by atoms with Crippen molar-refractivity contribution in [3.63, 3.8) is 0 Å². The van der Waals surface area contributed by atoms with E-state index in [9.17, 15) is 14.4 Å². The molecule has 0 saturated heterocycles. The zero-order valence-corrected chi connectivity index (χ0v) is 13.2. The first-order chi connectivity index (χ1) is 9.71. The molecule has 21 heavy (non-hydrogen) atoms. The Morgan fingerprint density at radius 3 is 1.48 bits per heavy atom. The molecule has 0 fully saturated rings. The molecule has 0 aliphatic carbocycles. The molecule has 4 nitrogen and oxygen atoms in total. The maximum absolute atomic E-state index is 11.4. The topological polar surface area (TPSA) is 66.8 Å². The van der Waals surface area contributed by atoms with E-state index in [-0.39, 0.29) is 0 Å². The number of benzene rings is 2. The van der Waals surface area contributed by atoms with Crippen molar-refractivity contribution in [2.24, 2.45) is 0 Å². The molecular formula is C16H19O4P. The largest absolute Gasteiger partial charge is 0.470 e. The predicted molar refractivity (Wildman–Crippen MR) is 81.9 cm³/mol. The molecule has 112 valence electrons. The summed E-state index contributed by atoms with van der Waals surface area (Å²) in [6.07, 6.45) is 0. The third-order valence-corrected chi connectivity index (χ3v) is 4.11. The summed E-state index contributed by atoms with van der Waals surface area (Å²) in [6, 6.07) is 14.9. The van der Waals surface area contributed by atoms with Gasteiger partial charge in [-0.05, 0) is 31.9 Å². The van der Waals surface area contributed by atoms with Gasteiger partial charge in [0.05, 0.1) is 0 Å². The summed E-state index contributed by atoms with van der Waals surface area (Å²) in [7, 11) is -4.64. The van der Waals surface area contributed by atoms with Crippen LogP contribution in [0.2, 0.25) is 0 Å². The molecule has 0 heterocycles. The second-order valence-corrected chi connectivity index (χ2v) is 6.51. The van der Waals surface area contributed by atoms with E-state index in [1.54, 1.807) is 6.92 Å². The van der Waals surface area contributed by atoms with Gasteiger partial charge in [0.2, 0.25) is 0 Å². The highest BCUT2D eigenvalue weighted by Gasteiger charge is 2.36. The van der Waals surface area contributed by atoms with Gasteiger partial charge in [-0.15, -0.1) is 0 Å². The van der Waals surface area contributed by atoms with Gasteiger partial charge in [-0.1, -0.05) is 59.7 Å². The fourth-order valence-electron chi connectivity index (χ4n) is 2.25. The second kappa shape index (κ2) is 5.74. The van der Waals surface area contributed by atoms with Crippen LogP contribution in [-0.4, -0.2) is 9.79 Å². The summed E-state index contributed by atoms with van der Waals surface area (Å²) in [4.78, 5) is 18.5. The lowest BCUT2D eigenvalue weighted by atomic mass is 9.87. The monoisotopic (exact) mass is 306 g/mol. The van der Waals surface area contributed by atoms with Gasteiger partial charge < -0.3 is 9.79 Å². The van der Waals surface area contributed by atoms with E-state index in [1.165, 1.54) is 0 Å². The fraction of sp³-hybridized carbons (Fsp3) is 0.250. The van der Waals surface area contributed by atoms with Gasteiger partial charge in [-0.2, -0.15) is 0 Å². The van der Waals surface area contributed by atoms with Crippen molar-refractivity contribution in [3.8, 4) is 0 Å². The number of hydrogen-bond donors (Lipinski definition) is 2. The number of aryl methyl sites for hydroxylation is 2. The Bertz CT molecular complexity index is 610. The third kappa shape index (κ3) is 3.80. The van der Waals surface area contributed by atoms with Crippen LogP contribution in [-0.2, 0) is 14.7 Å². The van der Waals surface area contributed by atoms with Gasteiger partial charge in [0.1, 0.15) is 5.60 Å². The maximum atomic E-state index is 11.4. The molecule has 0 radical (unpaired) electrons. The molecule has 0 spiro atoms. The predicted octanol–water partition coefficient (Wildman–Crippen LogP) is 3.68. The van der Waals surface area contributed by atoms with E-state index >= 15 is 0 Å². The quantitative estimate of drug-likeness (QED) is 0.846. The Morgan fingerprint density at radius 1 is 0.857 bits per heavy atom. The van der Waals surface area contributed by atoms with Crippen molar-refractivity contribution in [1.82, 2.24) is 0 Å². The molecule has 2 rings (SSSR count). The molecule has 0 bridgehead atoms. The van der Waals surface area contributed by atoms with E-state index in [1.807, 2.05) is 62.4 Å². The molecule has 0 aliphatic heterocycles. The molecule has 0 atom stereocenters. The van der Waals surface area contributed by atoms with Gasteiger partial charge >= 0.3 is 7.82 Å². The van der Waals surface area contributed by atoms with E-state index in [0.717, 1.165) is 11.1 Å². The number of hydrogen-bond acceptors (Lipinski definition) is 2. The highest BCUT2D eigenvalue weighted by Crippen LogP contribution is 2.48. The minimum atomic E-state index is -4.64. The first kappa shape index (κ1) is 15.9. The summed E-state index contributed by atoms with van der Waals surface area (Å²) in [5.41, 5.74) is 2.32. The highest BCUT2D eigenvalue weighted by atomic mass is 31.2. The molecule has 2 aromatic rings. The lowest BCUT2D eigenvalue weighted by Crippen LogP contribution is -2.26. The summed E-state index contributed by atoms with van der Waals surface area (Å²) in [6.45, 7) is 5.58. The summed E-state index contributed by atoms with van der Waals surface area (Å²) in [5, 5.41) is 0. The molecule has 0 aliphatic rings. The molecule has 5 heteroatoms. The molecule has 0 unspecified atom stereocenters. The molecule has 2 aromatic carbocycles. The van der Waals surface area contributed by atoms with E-state index in [0.29, 0.717) is 11.1 Å². The van der Waals surface area contributed by atoms with E-state index in [2.05, 4.69) is 0 Å². The van der Waals surface area contributed by atoms with Crippen molar-refractivity contribution < 1.29 is 18.9 Å². The normalized spacial score (nSPS) is 12.4. The standard InChI is InChI=1S/C16H19O4P/c1-12-4-8-14(9-5-12)16(3,20-21(17,18)19)15-10-6-13(2)7-11-15/h4-11H,1-3H3,(H2,17,18,19). The lowest BCUT2D eigenvalue weighted by Gasteiger charge is -2.31. The lowest BCUT2D eigenvalue weighted by molar-refractivity contribution is 0.0809. The average molecular weight is 306 g/mol. The zero-order chi connectivity index (χ0) is 15.7. The minimum Gasteiger partial charge on any atom is -0.303 e. The van der Waals surface area contributed by atoms with Crippen LogP contribution in [0.4, 0.5) is 0 Å². The van der Waals surface area contributed by atoms with Crippen molar-refractivity contribution in [2.45, 2.75) is 26.4 Å². The third-order valence-electron chi connectivity index (χ3n) is 3.51. The molecule has 0 amide bonds. The van der Waals surface area contributed by atoms with Gasteiger partial charge in [-0.3, -0.25) is 4.52 Å². The van der Waals surface area contributed by atoms with Crippen molar-refractivity contribution in [1.29, 1.82) is 0 Å². The average Bonchev–Trinajstić information content (AvgIpc) is 2.38. The van der Waals surface area contributed by atoms with Crippen LogP contribution in [0.25, 0.3) is 0 Å². The van der Waals surface area contributed by atoms with Gasteiger partial charge in [0.15, 0.2) is 0 Å². The minimum absolute atomic E-state index is 0.695. The Labute approximate surface area is 124 Å². The van der Waals surface area contributed by atoms with Gasteiger partial charge in [0.25, 0.3) is 0 Å². The molecule has 2 N–H and O–H groups in total. The molecule has 0 saturated carbocycles. The Hall–Kier alpha value is -1.45. The van der Waals surface area contributed by atoms with Crippen LogP contribution < -0.4 is 0 Å². The summed E-state index contributed by atoms with van der Waals surface area (Å²) in [5.74, 6) is 0. The van der Waals surface area contributed by atoms with Crippen LogP contribution in [0.1, 0.15) is 29.2 Å². The summed E-state index contributed by atoms with van der Waals surface area (Å²) < 4.78 is 16.5. The maximum Gasteiger partial charge on any atom is 0.470 e. The molecule has 0 aromatic heterocycles. The van der Waals surface area contributed by atoms with Crippen molar-refractivity contribution in [2.75, 3.05) is 0 Å².